The fourth-order valence-electron chi connectivity index (χ4n) is 3.31. The highest BCUT2D eigenvalue weighted by molar-refractivity contribution is 6.42. The molecule has 168 valence electrons. The van der Waals surface area contributed by atoms with E-state index in [0.29, 0.717) is 23.1 Å². The molecule has 3 aromatic rings. The summed E-state index contributed by atoms with van der Waals surface area (Å²) in [6.07, 6.45) is 1.48. The molecule has 0 saturated heterocycles. The molecule has 6 nitrogen and oxygen atoms in total. The molecule has 8 heteroatoms. The Kier molecular flexibility index (Phi) is 9.62. The van der Waals surface area contributed by atoms with Crippen molar-refractivity contribution in [1.82, 2.24) is 9.55 Å². The minimum Gasteiger partial charge on any atom is -0.384 e. The number of carbonyl (C=O) groups excluding carboxylic acids is 1. The summed E-state index contributed by atoms with van der Waals surface area (Å²) in [7, 11) is 3.64. The topological polar surface area (TPSA) is 59.4 Å². The van der Waals surface area contributed by atoms with Gasteiger partial charge in [0.15, 0.2) is 0 Å². The van der Waals surface area contributed by atoms with Gasteiger partial charge in [0.05, 0.1) is 27.7 Å². The summed E-state index contributed by atoms with van der Waals surface area (Å²) in [5.41, 5.74) is 5.02. The number of anilines is 2. The Morgan fingerprint density at radius 3 is 2.42 bits per heavy atom. The Hall–Kier alpha value is -2.28. The Bertz CT molecular complexity index is 1020. The van der Waals surface area contributed by atoms with Crippen molar-refractivity contribution in [1.29, 1.82) is 0 Å². The van der Waals surface area contributed by atoms with E-state index in [4.69, 9.17) is 27.9 Å². The number of hydrogen-bond acceptors (Lipinski definition) is 4. The summed E-state index contributed by atoms with van der Waals surface area (Å²) in [6.45, 7) is 8.91. The number of imidazole rings is 1. The Labute approximate surface area is 194 Å². The lowest BCUT2D eigenvalue weighted by atomic mass is 10.1. The average Bonchev–Trinajstić information content (AvgIpc) is 3.05. The molecule has 0 aliphatic heterocycles. The molecule has 0 aliphatic rings. The SMILES string of the molecule is CCN(CC)c1ccc(NC=O)c(C)c1.COCCc1nc2cc(Cl)c(Cl)cc2n1C. The number of rotatable bonds is 8. The van der Waals surface area contributed by atoms with Crippen LogP contribution in [0.3, 0.4) is 0 Å². The van der Waals surface area contributed by atoms with Crippen LogP contribution >= 0.6 is 23.2 Å². The van der Waals surface area contributed by atoms with Crippen LogP contribution in [0, 0.1) is 6.92 Å². The monoisotopic (exact) mass is 464 g/mol. The predicted octanol–water partition coefficient (Wildman–Crippen LogP) is 5.48. The molecule has 0 fully saturated rings. The molecule has 0 atom stereocenters. The van der Waals surface area contributed by atoms with Gasteiger partial charge in [-0.2, -0.15) is 0 Å². The maximum absolute atomic E-state index is 10.3. The summed E-state index contributed by atoms with van der Waals surface area (Å²) in [4.78, 5) is 17.1. The maximum Gasteiger partial charge on any atom is 0.211 e. The first-order valence-electron chi connectivity index (χ1n) is 10.2. The zero-order valence-electron chi connectivity index (χ0n) is 18.7. The first kappa shape index (κ1) is 25.0. The third-order valence-electron chi connectivity index (χ3n) is 5.10. The van der Waals surface area contributed by atoms with E-state index in [2.05, 4.69) is 35.1 Å². The van der Waals surface area contributed by atoms with Crippen molar-refractivity contribution < 1.29 is 9.53 Å². The van der Waals surface area contributed by atoms with Crippen molar-refractivity contribution in [2.75, 3.05) is 37.0 Å². The Balaban J connectivity index is 0.000000221. The van der Waals surface area contributed by atoms with Crippen LogP contribution in [-0.4, -0.2) is 42.8 Å². The zero-order valence-corrected chi connectivity index (χ0v) is 20.2. The molecule has 1 aromatic heterocycles. The molecule has 0 unspecified atom stereocenters. The van der Waals surface area contributed by atoms with Crippen LogP contribution in [0.5, 0.6) is 0 Å². The summed E-state index contributed by atoms with van der Waals surface area (Å²) in [5.74, 6) is 0.968. The van der Waals surface area contributed by atoms with Crippen LogP contribution in [0.4, 0.5) is 11.4 Å². The Morgan fingerprint density at radius 2 is 1.84 bits per heavy atom. The van der Waals surface area contributed by atoms with Gasteiger partial charge in [-0.1, -0.05) is 23.2 Å². The van der Waals surface area contributed by atoms with Gasteiger partial charge in [0.2, 0.25) is 6.41 Å². The van der Waals surface area contributed by atoms with Gasteiger partial charge in [-0.15, -0.1) is 0 Å². The summed E-state index contributed by atoms with van der Waals surface area (Å²) < 4.78 is 7.05. The van der Waals surface area contributed by atoms with E-state index in [0.717, 1.165) is 47.6 Å². The largest absolute Gasteiger partial charge is 0.384 e. The number of carbonyl (C=O) groups is 1. The lowest BCUT2D eigenvalue weighted by Gasteiger charge is -2.22. The van der Waals surface area contributed by atoms with Gasteiger partial charge in [-0.05, 0) is 56.7 Å². The van der Waals surface area contributed by atoms with Crippen molar-refractivity contribution in [3.05, 3.63) is 51.8 Å². The van der Waals surface area contributed by atoms with Crippen molar-refractivity contribution in [3.63, 3.8) is 0 Å². The van der Waals surface area contributed by atoms with Gasteiger partial charge in [0.1, 0.15) is 5.82 Å². The average molecular weight is 465 g/mol. The van der Waals surface area contributed by atoms with Gasteiger partial charge < -0.3 is 19.5 Å². The fraction of sp³-hybridized carbons (Fsp3) is 0.391. The lowest BCUT2D eigenvalue weighted by molar-refractivity contribution is -0.105. The highest BCUT2D eigenvalue weighted by Gasteiger charge is 2.10. The quantitative estimate of drug-likeness (QED) is 0.448. The standard InChI is InChI=1S/C12H18N2O.C11H12Cl2N2O/c1-4-14(5-2)11-6-7-12(13-9-15)10(3)8-11;1-15-10-6-8(13)7(12)5-9(10)14-11(15)3-4-16-2/h6-9H,4-5H2,1-3H3,(H,13,15);5-6H,3-4H2,1-2H3. The van der Waals surface area contributed by atoms with Crippen molar-refractivity contribution in [2.45, 2.75) is 27.2 Å². The normalized spacial score (nSPS) is 10.5. The van der Waals surface area contributed by atoms with Crippen molar-refractivity contribution in [2.24, 2.45) is 7.05 Å². The molecule has 0 bridgehead atoms. The minimum absolute atomic E-state index is 0.533. The van der Waals surface area contributed by atoms with Crippen molar-refractivity contribution >= 4 is 52.0 Å². The van der Waals surface area contributed by atoms with E-state index < -0.39 is 0 Å². The molecule has 1 amide bonds. The highest BCUT2D eigenvalue weighted by atomic mass is 35.5. The smallest absolute Gasteiger partial charge is 0.211 e. The number of fused-ring (bicyclic) bond motifs is 1. The van der Waals surface area contributed by atoms with Crippen LogP contribution < -0.4 is 10.2 Å². The molecule has 0 spiro atoms. The van der Waals surface area contributed by atoms with Crippen molar-refractivity contribution in [3.8, 4) is 0 Å². The number of halogens is 2. The number of benzene rings is 2. The molecular weight excluding hydrogens is 435 g/mol. The molecule has 31 heavy (non-hydrogen) atoms. The molecule has 1 heterocycles. The second kappa shape index (κ2) is 11.9. The van der Waals surface area contributed by atoms with Gasteiger partial charge >= 0.3 is 0 Å². The third-order valence-corrected chi connectivity index (χ3v) is 5.82. The number of ether oxygens (including phenoxy) is 1. The number of aryl methyl sites for hydroxylation is 2. The molecule has 0 saturated carbocycles. The van der Waals surface area contributed by atoms with Crippen LogP contribution in [-0.2, 0) is 23.0 Å². The number of nitrogens with zero attached hydrogens (tertiary/aromatic N) is 3. The van der Waals surface area contributed by atoms with Crippen LogP contribution in [0.15, 0.2) is 30.3 Å². The summed E-state index contributed by atoms with van der Waals surface area (Å²) in [5, 5.41) is 3.76. The lowest BCUT2D eigenvalue weighted by Crippen LogP contribution is -2.21. The van der Waals surface area contributed by atoms with Gasteiger partial charge in [-0.25, -0.2) is 4.98 Å². The Morgan fingerprint density at radius 1 is 1.16 bits per heavy atom. The number of nitrogens with one attached hydrogen (secondary N) is 1. The van der Waals surface area contributed by atoms with Gasteiger partial charge in [0.25, 0.3) is 0 Å². The molecular formula is C23H30Cl2N4O2. The zero-order chi connectivity index (χ0) is 23.0. The number of hydrogen-bond donors (Lipinski definition) is 1. The van der Waals surface area contributed by atoms with E-state index in [1.54, 1.807) is 13.2 Å². The molecule has 2 aromatic carbocycles. The minimum atomic E-state index is 0.533. The van der Waals surface area contributed by atoms with Gasteiger partial charge in [-0.3, -0.25) is 4.79 Å². The summed E-state index contributed by atoms with van der Waals surface area (Å²) in [6, 6.07) is 9.69. The maximum atomic E-state index is 10.3. The number of aromatic nitrogens is 2. The van der Waals surface area contributed by atoms with E-state index >= 15 is 0 Å². The molecule has 0 radical (unpaired) electrons. The van der Waals surface area contributed by atoms with Crippen LogP contribution in [0.1, 0.15) is 25.2 Å². The first-order chi connectivity index (χ1) is 14.9. The third kappa shape index (κ3) is 6.35. The van der Waals surface area contributed by atoms with E-state index in [1.807, 2.05) is 36.7 Å². The molecule has 1 N–H and O–H groups in total. The van der Waals surface area contributed by atoms with Gasteiger partial charge in [0, 0.05) is 45.0 Å². The summed E-state index contributed by atoms with van der Waals surface area (Å²) >= 11 is 11.9. The second-order valence-electron chi connectivity index (χ2n) is 7.02. The predicted molar refractivity (Wildman–Crippen MR) is 131 cm³/mol. The fourth-order valence-corrected chi connectivity index (χ4v) is 3.63. The number of amides is 1. The second-order valence-corrected chi connectivity index (χ2v) is 7.83. The van der Waals surface area contributed by atoms with E-state index in [-0.39, 0.29) is 0 Å². The van der Waals surface area contributed by atoms with Crippen LogP contribution in [0.2, 0.25) is 10.0 Å². The van der Waals surface area contributed by atoms with Crippen LogP contribution in [0.25, 0.3) is 11.0 Å². The van der Waals surface area contributed by atoms with E-state index in [1.165, 1.54) is 5.69 Å². The molecule has 3 rings (SSSR count). The first-order valence-corrected chi connectivity index (χ1v) is 11.0. The highest BCUT2D eigenvalue weighted by Crippen LogP contribution is 2.28. The van der Waals surface area contributed by atoms with E-state index in [9.17, 15) is 4.79 Å². The molecule has 0 aliphatic carbocycles. The number of methoxy groups -OCH3 is 1.